The van der Waals surface area contributed by atoms with E-state index in [4.69, 9.17) is 4.84 Å². The van der Waals surface area contributed by atoms with E-state index in [1.165, 1.54) is 0 Å². The minimum Gasteiger partial charge on any atom is -0.396 e. The molecule has 0 aliphatic carbocycles. The third kappa shape index (κ3) is 7.47. The van der Waals surface area contributed by atoms with Gasteiger partial charge in [-0.3, -0.25) is 0 Å². The van der Waals surface area contributed by atoms with Gasteiger partial charge in [-0.05, 0) is 12.3 Å². The molecule has 54 valence electrons. The molecular weight excluding hydrogens is 114 g/mol. The molecule has 9 heavy (non-hydrogen) atoms. The van der Waals surface area contributed by atoms with Gasteiger partial charge < -0.3 is 4.84 Å². The van der Waals surface area contributed by atoms with Gasteiger partial charge in [0.1, 0.15) is 6.61 Å². The highest BCUT2D eigenvalue weighted by atomic mass is 16.6. The van der Waals surface area contributed by atoms with E-state index in [0.717, 1.165) is 0 Å². The van der Waals surface area contributed by atoms with Gasteiger partial charge in [0, 0.05) is 6.21 Å². The highest BCUT2D eigenvalue weighted by Gasteiger charge is 2.09. The van der Waals surface area contributed by atoms with Crippen molar-refractivity contribution in [3.05, 3.63) is 0 Å². The van der Waals surface area contributed by atoms with E-state index in [9.17, 15) is 0 Å². The fourth-order valence-corrected chi connectivity index (χ4v) is 0.305. The van der Waals surface area contributed by atoms with Crippen molar-refractivity contribution in [3.63, 3.8) is 0 Å². The molecule has 2 heteroatoms. The van der Waals surface area contributed by atoms with Crippen LogP contribution in [0.25, 0.3) is 0 Å². The summed E-state index contributed by atoms with van der Waals surface area (Å²) in [6.45, 7) is 8.84. The Morgan fingerprint density at radius 2 is 2.00 bits per heavy atom. The largest absolute Gasteiger partial charge is 0.396 e. The van der Waals surface area contributed by atoms with Gasteiger partial charge in [-0.15, -0.1) is 0 Å². The van der Waals surface area contributed by atoms with E-state index in [0.29, 0.717) is 6.61 Å². The van der Waals surface area contributed by atoms with Gasteiger partial charge in [-0.25, -0.2) is 0 Å². The fraction of sp³-hybridized carbons (Fsp3) is 0.857. The van der Waals surface area contributed by atoms with Crippen LogP contribution in [0.5, 0.6) is 0 Å². The lowest BCUT2D eigenvalue weighted by Gasteiger charge is -2.14. The van der Waals surface area contributed by atoms with Gasteiger partial charge >= 0.3 is 0 Å². The van der Waals surface area contributed by atoms with Crippen molar-refractivity contribution in [2.45, 2.75) is 27.7 Å². The maximum atomic E-state index is 4.92. The molecule has 0 radical (unpaired) electrons. The Kier molecular flexibility index (Phi) is 3.28. The average molecular weight is 129 g/mol. The number of hydrogen-bond acceptors (Lipinski definition) is 2. The molecule has 0 N–H and O–H groups in total. The molecule has 0 aromatic heterocycles. The molecule has 0 heterocycles. The van der Waals surface area contributed by atoms with Crippen molar-refractivity contribution in [1.29, 1.82) is 0 Å². The van der Waals surface area contributed by atoms with Crippen LogP contribution >= 0.6 is 0 Å². The molecular formula is C7H15NO. The predicted octanol–water partition coefficient (Wildman–Crippen LogP) is 2.05. The van der Waals surface area contributed by atoms with Crippen LogP contribution in [0.1, 0.15) is 27.7 Å². The lowest BCUT2D eigenvalue weighted by molar-refractivity contribution is 0.0781. The molecule has 0 aromatic rings. The second-order valence-electron chi connectivity index (χ2n) is 3.20. The van der Waals surface area contributed by atoms with Crippen LogP contribution in [0, 0.1) is 5.41 Å². The molecule has 0 amide bonds. The quantitative estimate of drug-likeness (QED) is 0.413. The monoisotopic (exact) mass is 129 g/mol. The smallest absolute Gasteiger partial charge is 0.122 e. The second-order valence-corrected chi connectivity index (χ2v) is 3.20. The predicted molar refractivity (Wildman–Crippen MR) is 39.6 cm³/mol. The molecule has 0 saturated carbocycles. The number of oxime groups is 1. The number of nitrogens with zero attached hydrogens (tertiary/aromatic N) is 1. The molecule has 0 spiro atoms. The molecule has 0 atom stereocenters. The van der Waals surface area contributed by atoms with E-state index in [-0.39, 0.29) is 5.41 Å². The molecule has 0 aliphatic rings. The Bertz CT molecular complexity index is 91.6. The zero-order valence-electron chi connectivity index (χ0n) is 6.64. The molecule has 0 rings (SSSR count). The lowest BCUT2D eigenvalue weighted by atomic mass is 9.99. The maximum absolute atomic E-state index is 4.92. The van der Waals surface area contributed by atoms with Crippen LogP contribution < -0.4 is 0 Å². The number of hydrogen-bond donors (Lipinski definition) is 0. The first kappa shape index (κ1) is 8.47. The summed E-state index contributed by atoms with van der Waals surface area (Å²) in [7, 11) is 0. The van der Waals surface area contributed by atoms with Gasteiger partial charge in [0.25, 0.3) is 0 Å². The maximum Gasteiger partial charge on any atom is 0.122 e. The number of rotatable bonds is 2. The third-order valence-electron chi connectivity index (χ3n) is 0.678. The third-order valence-corrected chi connectivity index (χ3v) is 0.678. The Morgan fingerprint density at radius 1 is 1.44 bits per heavy atom. The summed E-state index contributed by atoms with van der Waals surface area (Å²) in [5.41, 5.74) is 0.215. The Morgan fingerprint density at radius 3 is 2.33 bits per heavy atom. The summed E-state index contributed by atoms with van der Waals surface area (Å²) < 4.78 is 0. The normalized spacial score (nSPS) is 12.4. The molecule has 2 nitrogen and oxygen atoms in total. The molecule has 0 unspecified atom stereocenters. The van der Waals surface area contributed by atoms with E-state index in [2.05, 4.69) is 25.9 Å². The van der Waals surface area contributed by atoms with Gasteiger partial charge in [0.15, 0.2) is 0 Å². The molecule has 0 aromatic carbocycles. The lowest BCUT2D eigenvalue weighted by Crippen LogP contribution is -2.12. The Labute approximate surface area is 56.9 Å². The van der Waals surface area contributed by atoms with Crippen LogP contribution in [0.4, 0.5) is 0 Å². The summed E-state index contributed by atoms with van der Waals surface area (Å²) in [5, 5.41) is 3.63. The first-order valence-electron chi connectivity index (χ1n) is 3.16. The fourth-order valence-electron chi connectivity index (χ4n) is 0.305. The standard InChI is InChI=1S/C7H15NO/c1-5-8-9-6-7(2,3)4/h5H,6H2,1-4H3. The minimum absolute atomic E-state index is 0.215. The zero-order chi connectivity index (χ0) is 7.33. The van der Waals surface area contributed by atoms with E-state index < -0.39 is 0 Å². The second kappa shape index (κ2) is 3.49. The van der Waals surface area contributed by atoms with Crippen molar-refractivity contribution in [1.82, 2.24) is 0 Å². The van der Waals surface area contributed by atoms with Crippen molar-refractivity contribution < 1.29 is 4.84 Å². The zero-order valence-corrected chi connectivity index (χ0v) is 6.64. The van der Waals surface area contributed by atoms with Crippen LogP contribution in [-0.2, 0) is 4.84 Å². The molecule has 0 fully saturated rings. The summed E-state index contributed by atoms with van der Waals surface area (Å²) >= 11 is 0. The highest BCUT2D eigenvalue weighted by molar-refractivity contribution is 5.52. The molecule has 0 saturated heterocycles. The average Bonchev–Trinajstić information content (AvgIpc) is 1.63. The minimum atomic E-state index is 0.215. The Hall–Kier alpha value is -0.530. The van der Waals surface area contributed by atoms with Crippen LogP contribution in [0.3, 0.4) is 0 Å². The SMILES string of the molecule is CC=NOCC(C)(C)C. The van der Waals surface area contributed by atoms with Gasteiger partial charge in [0.2, 0.25) is 0 Å². The first-order chi connectivity index (χ1) is 4.06. The van der Waals surface area contributed by atoms with E-state index >= 15 is 0 Å². The molecule has 0 bridgehead atoms. The summed E-state index contributed by atoms with van der Waals surface area (Å²) in [4.78, 5) is 4.92. The van der Waals surface area contributed by atoms with Crippen molar-refractivity contribution in [2.75, 3.05) is 6.61 Å². The molecule has 0 aliphatic heterocycles. The summed E-state index contributed by atoms with van der Waals surface area (Å²) in [6, 6.07) is 0. The summed E-state index contributed by atoms with van der Waals surface area (Å²) in [6.07, 6.45) is 1.64. The highest BCUT2D eigenvalue weighted by Crippen LogP contribution is 2.12. The van der Waals surface area contributed by atoms with Gasteiger partial charge in [-0.2, -0.15) is 0 Å². The van der Waals surface area contributed by atoms with Crippen molar-refractivity contribution in [2.24, 2.45) is 10.6 Å². The Balaban J connectivity index is 3.28. The van der Waals surface area contributed by atoms with E-state index in [1.54, 1.807) is 6.21 Å². The van der Waals surface area contributed by atoms with Crippen molar-refractivity contribution >= 4 is 6.21 Å². The van der Waals surface area contributed by atoms with Crippen LogP contribution in [0.2, 0.25) is 0 Å². The van der Waals surface area contributed by atoms with Crippen LogP contribution in [-0.4, -0.2) is 12.8 Å². The first-order valence-corrected chi connectivity index (χ1v) is 3.16. The van der Waals surface area contributed by atoms with Crippen LogP contribution in [0.15, 0.2) is 5.16 Å². The van der Waals surface area contributed by atoms with Gasteiger partial charge in [0.05, 0.1) is 0 Å². The van der Waals surface area contributed by atoms with Crippen molar-refractivity contribution in [3.8, 4) is 0 Å². The summed E-state index contributed by atoms with van der Waals surface area (Å²) in [5.74, 6) is 0. The van der Waals surface area contributed by atoms with E-state index in [1.807, 2.05) is 6.92 Å². The van der Waals surface area contributed by atoms with Gasteiger partial charge in [-0.1, -0.05) is 25.9 Å². The topological polar surface area (TPSA) is 21.6 Å².